The van der Waals surface area contributed by atoms with Gasteiger partial charge in [0.05, 0.1) is 11.0 Å². The molecule has 0 bridgehead atoms. The van der Waals surface area contributed by atoms with Gasteiger partial charge in [-0.15, -0.1) is 0 Å². The van der Waals surface area contributed by atoms with Crippen LogP contribution >= 0.6 is 0 Å². The second-order valence-corrected chi connectivity index (χ2v) is 4.15. The summed E-state index contributed by atoms with van der Waals surface area (Å²) in [6, 6.07) is 1.52. The molecule has 1 atom stereocenters. The molecule has 0 unspecified atom stereocenters. The molecule has 1 fully saturated rings. The van der Waals surface area contributed by atoms with Crippen molar-refractivity contribution >= 4 is 11.5 Å². The van der Waals surface area contributed by atoms with Crippen LogP contribution in [0.2, 0.25) is 0 Å². The molecule has 1 aromatic heterocycles. The van der Waals surface area contributed by atoms with Crippen molar-refractivity contribution in [3.63, 3.8) is 0 Å². The van der Waals surface area contributed by atoms with Crippen LogP contribution < -0.4 is 5.32 Å². The van der Waals surface area contributed by atoms with Crippen molar-refractivity contribution in [2.75, 3.05) is 18.5 Å². The van der Waals surface area contributed by atoms with Crippen molar-refractivity contribution in [3.05, 3.63) is 27.9 Å². The number of nitrogens with one attached hydrogen (secondary N) is 1. The number of anilines is 1. The molecule has 1 aliphatic rings. The van der Waals surface area contributed by atoms with Gasteiger partial charge in [-0.1, -0.05) is 0 Å². The van der Waals surface area contributed by atoms with Crippen molar-refractivity contribution in [1.82, 2.24) is 4.98 Å². The first kappa shape index (κ1) is 11.8. The zero-order valence-electron chi connectivity index (χ0n) is 9.68. The zero-order chi connectivity index (χ0) is 12.3. The molecule has 0 amide bonds. The van der Waals surface area contributed by atoms with E-state index in [1.165, 1.54) is 6.07 Å². The van der Waals surface area contributed by atoms with Crippen molar-refractivity contribution in [2.24, 2.45) is 0 Å². The molecule has 6 nitrogen and oxygen atoms in total. The summed E-state index contributed by atoms with van der Waals surface area (Å²) in [7, 11) is 0. The molecule has 6 heteroatoms. The Morgan fingerprint density at radius 1 is 1.71 bits per heavy atom. The minimum Gasteiger partial charge on any atom is -0.376 e. The minimum atomic E-state index is -0.419. The molecule has 2 heterocycles. The van der Waals surface area contributed by atoms with Crippen molar-refractivity contribution in [3.8, 4) is 0 Å². The highest BCUT2D eigenvalue weighted by atomic mass is 16.6. The molecule has 0 radical (unpaired) electrons. The van der Waals surface area contributed by atoms with Crippen LogP contribution in [0.3, 0.4) is 0 Å². The van der Waals surface area contributed by atoms with E-state index in [9.17, 15) is 10.1 Å². The van der Waals surface area contributed by atoms with Crippen molar-refractivity contribution < 1.29 is 9.66 Å². The molecule has 17 heavy (non-hydrogen) atoms. The maximum Gasteiger partial charge on any atom is 0.311 e. The monoisotopic (exact) mass is 237 g/mol. The van der Waals surface area contributed by atoms with Gasteiger partial charge in [0, 0.05) is 25.4 Å². The lowest BCUT2D eigenvalue weighted by molar-refractivity contribution is -0.384. The van der Waals surface area contributed by atoms with Crippen molar-refractivity contribution in [1.29, 1.82) is 0 Å². The van der Waals surface area contributed by atoms with Crippen LogP contribution in [0.4, 0.5) is 11.5 Å². The Hall–Kier alpha value is -1.69. The molecular formula is C11H15N3O3. The highest BCUT2D eigenvalue weighted by Gasteiger charge is 2.19. The lowest BCUT2D eigenvalue weighted by Crippen LogP contribution is -2.19. The molecule has 1 aliphatic heterocycles. The lowest BCUT2D eigenvalue weighted by Gasteiger charge is -2.11. The van der Waals surface area contributed by atoms with E-state index < -0.39 is 4.92 Å². The first-order valence-electron chi connectivity index (χ1n) is 5.63. The second kappa shape index (κ2) is 5.09. The van der Waals surface area contributed by atoms with Crippen LogP contribution in [-0.2, 0) is 4.74 Å². The van der Waals surface area contributed by atoms with Crippen LogP contribution in [0, 0.1) is 17.0 Å². The van der Waals surface area contributed by atoms with E-state index in [-0.39, 0.29) is 11.8 Å². The predicted molar refractivity (Wildman–Crippen MR) is 63.1 cm³/mol. The van der Waals surface area contributed by atoms with Gasteiger partial charge >= 0.3 is 5.69 Å². The maximum atomic E-state index is 10.9. The third kappa shape index (κ3) is 2.91. The van der Waals surface area contributed by atoms with E-state index in [4.69, 9.17) is 4.74 Å². The number of nitrogens with zero attached hydrogens (tertiary/aromatic N) is 2. The van der Waals surface area contributed by atoms with Gasteiger partial charge in [-0.3, -0.25) is 10.1 Å². The SMILES string of the molecule is Cc1cnc(NC[C@H]2CCCO2)c([N+](=O)[O-])c1. The van der Waals surface area contributed by atoms with Gasteiger partial charge in [-0.2, -0.15) is 0 Å². The quantitative estimate of drug-likeness (QED) is 0.639. The summed E-state index contributed by atoms with van der Waals surface area (Å²) in [5.74, 6) is 0.316. The summed E-state index contributed by atoms with van der Waals surface area (Å²) in [4.78, 5) is 14.5. The fourth-order valence-corrected chi connectivity index (χ4v) is 1.84. The second-order valence-electron chi connectivity index (χ2n) is 4.15. The Labute approximate surface area is 99.2 Å². The van der Waals surface area contributed by atoms with Gasteiger partial charge in [0.25, 0.3) is 0 Å². The Balaban J connectivity index is 2.06. The van der Waals surface area contributed by atoms with Gasteiger partial charge in [0.2, 0.25) is 5.82 Å². The number of ether oxygens (including phenoxy) is 1. The molecule has 0 aliphatic carbocycles. The maximum absolute atomic E-state index is 10.9. The predicted octanol–water partition coefficient (Wildman–Crippen LogP) is 1.89. The van der Waals surface area contributed by atoms with E-state index in [1.54, 1.807) is 13.1 Å². The summed E-state index contributed by atoms with van der Waals surface area (Å²) in [6.45, 7) is 3.12. The average molecular weight is 237 g/mol. The fourth-order valence-electron chi connectivity index (χ4n) is 1.84. The Morgan fingerprint density at radius 2 is 2.53 bits per heavy atom. The molecule has 0 saturated carbocycles. The summed E-state index contributed by atoms with van der Waals surface area (Å²) in [5, 5.41) is 13.9. The number of pyridine rings is 1. The van der Waals surface area contributed by atoms with E-state index in [0.717, 1.165) is 25.0 Å². The first-order chi connectivity index (χ1) is 8.16. The van der Waals surface area contributed by atoms with E-state index >= 15 is 0 Å². The van der Waals surface area contributed by atoms with E-state index in [0.29, 0.717) is 12.4 Å². The molecule has 0 spiro atoms. The van der Waals surface area contributed by atoms with Crippen LogP contribution in [0.5, 0.6) is 0 Å². The molecule has 2 rings (SSSR count). The van der Waals surface area contributed by atoms with Crippen LogP contribution in [0.15, 0.2) is 12.3 Å². The normalized spacial score (nSPS) is 19.2. The number of nitro groups is 1. The van der Waals surface area contributed by atoms with Gasteiger partial charge in [0.1, 0.15) is 0 Å². The smallest absolute Gasteiger partial charge is 0.311 e. The largest absolute Gasteiger partial charge is 0.376 e. The van der Waals surface area contributed by atoms with Gasteiger partial charge in [0.15, 0.2) is 0 Å². The number of hydrogen-bond donors (Lipinski definition) is 1. The number of hydrogen-bond acceptors (Lipinski definition) is 5. The number of rotatable bonds is 4. The highest BCUT2D eigenvalue weighted by Crippen LogP contribution is 2.23. The molecule has 92 valence electrons. The zero-order valence-corrected chi connectivity index (χ0v) is 9.68. The Bertz CT molecular complexity index is 416. The topological polar surface area (TPSA) is 77.3 Å². The Morgan fingerprint density at radius 3 is 3.18 bits per heavy atom. The summed E-state index contributed by atoms with van der Waals surface area (Å²) < 4.78 is 5.44. The third-order valence-corrected chi connectivity index (χ3v) is 2.72. The number of aromatic nitrogens is 1. The van der Waals surface area contributed by atoms with Gasteiger partial charge in [-0.25, -0.2) is 4.98 Å². The molecule has 1 N–H and O–H groups in total. The molecule has 1 saturated heterocycles. The molecular weight excluding hydrogens is 222 g/mol. The first-order valence-corrected chi connectivity index (χ1v) is 5.63. The van der Waals surface area contributed by atoms with E-state index in [2.05, 4.69) is 10.3 Å². The minimum absolute atomic E-state index is 0.0167. The summed E-state index contributed by atoms with van der Waals surface area (Å²) >= 11 is 0. The highest BCUT2D eigenvalue weighted by molar-refractivity contribution is 5.56. The van der Waals surface area contributed by atoms with Gasteiger partial charge in [-0.05, 0) is 25.3 Å². The third-order valence-electron chi connectivity index (χ3n) is 2.72. The molecule has 0 aromatic carbocycles. The summed E-state index contributed by atoms with van der Waals surface area (Å²) in [6.07, 6.45) is 3.80. The summed E-state index contributed by atoms with van der Waals surface area (Å²) in [5.41, 5.74) is 0.794. The number of aryl methyl sites for hydroxylation is 1. The molecule has 1 aromatic rings. The van der Waals surface area contributed by atoms with Crippen molar-refractivity contribution in [2.45, 2.75) is 25.9 Å². The standard InChI is InChI=1S/C11H15N3O3/c1-8-5-10(14(15)16)11(12-6-8)13-7-9-3-2-4-17-9/h5-6,9H,2-4,7H2,1H3,(H,12,13)/t9-/m1/s1. The fraction of sp³-hybridized carbons (Fsp3) is 0.545. The van der Waals surface area contributed by atoms with Gasteiger partial charge < -0.3 is 10.1 Å². The average Bonchev–Trinajstić information content (AvgIpc) is 2.80. The van der Waals surface area contributed by atoms with Crippen LogP contribution in [-0.4, -0.2) is 29.2 Å². The van der Waals surface area contributed by atoms with E-state index in [1.807, 2.05) is 0 Å². The lowest BCUT2D eigenvalue weighted by atomic mass is 10.2. The van der Waals surface area contributed by atoms with Crippen LogP contribution in [0.25, 0.3) is 0 Å². The Kier molecular flexibility index (Phi) is 3.53. The van der Waals surface area contributed by atoms with Crippen LogP contribution in [0.1, 0.15) is 18.4 Å².